The van der Waals surface area contributed by atoms with Gasteiger partial charge in [0, 0.05) is 44.7 Å². The van der Waals surface area contributed by atoms with Gasteiger partial charge in [0.15, 0.2) is 5.78 Å². The minimum Gasteiger partial charge on any atom is -0.304 e. The summed E-state index contributed by atoms with van der Waals surface area (Å²) in [5.41, 5.74) is 2.13. The number of nitrogens with zero attached hydrogens (tertiary/aromatic N) is 2. The van der Waals surface area contributed by atoms with Crippen molar-refractivity contribution >= 4 is 5.78 Å². The predicted octanol–water partition coefficient (Wildman–Crippen LogP) is 2.03. The number of rotatable bonds is 4. The van der Waals surface area contributed by atoms with Crippen LogP contribution in [0.15, 0.2) is 24.3 Å². The summed E-state index contributed by atoms with van der Waals surface area (Å²) >= 11 is 0. The lowest BCUT2D eigenvalue weighted by atomic mass is 10.1. The van der Waals surface area contributed by atoms with Gasteiger partial charge < -0.3 is 4.90 Å². The molecule has 0 N–H and O–H groups in total. The molecule has 3 heteroatoms. The first-order valence-corrected chi connectivity index (χ1v) is 6.72. The average Bonchev–Trinajstić information content (AvgIpc) is 2.41. The molecule has 0 aliphatic carbocycles. The lowest BCUT2D eigenvalue weighted by Crippen LogP contribution is -2.43. The highest BCUT2D eigenvalue weighted by Gasteiger charge is 2.13. The van der Waals surface area contributed by atoms with E-state index in [9.17, 15) is 4.79 Å². The van der Waals surface area contributed by atoms with E-state index in [0.717, 1.165) is 38.3 Å². The van der Waals surface area contributed by atoms with Crippen LogP contribution in [0, 0.1) is 0 Å². The van der Waals surface area contributed by atoms with Crippen LogP contribution in [0.4, 0.5) is 0 Å². The summed E-state index contributed by atoms with van der Waals surface area (Å²) in [6, 6.07) is 8.08. The van der Waals surface area contributed by atoms with E-state index in [2.05, 4.69) is 29.0 Å². The van der Waals surface area contributed by atoms with Crippen LogP contribution < -0.4 is 0 Å². The Labute approximate surface area is 109 Å². The molecular weight excluding hydrogens is 224 g/mol. The number of carbonyl (C=O) groups is 1. The Bertz CT molecular complexity index is 391. The summed E-state index contributed by atoms with van der Waals surface area (Å²) in [5, 5.41) is 0. The number of hydrogen-bond donors (Lipinski definition) is 0. The van der Waals surface area contributed by atoms with Crippen LogP contribution in [0.3, 0.4) is 0 Å². The van der Waals surface area contributed by atoms with E-state index in [1.165, 1.54) is 5.56 Å². The van der Waals surface area contributed by atoms with Crippen molar-refractivity contribution < 1.29 is 4.79 Å². The van der Waals surface area contributed by atoms with Gasteiger partial charge in [-0.3, -0.25) is 9.69 Å². The molecule has 0 bridgehead atoms. The molecule has 1 aromatic carbocycles. The minimum atomic E-state index is 0.223. The summed E-state index contributed by atoms with van der Waals surface area (Å²) in [6.07, 6.45) is 0.581. The van der Waals surface area contributed by atoms with Gasteiger partial charge in [-0.2, -0.15) is 0 Å². The smallest absolute Gasteiger partial charge is 0.162 e. The standard InChI is InChI=1S/C15H22N2O/c1-3-15(18)14-6-4-13(5-7-14)12-17-10-8-16(2)9-11-17/h4-7H,3,8-12H2,1-2H3. The second-order valence-corrected chi connectivity index (χ2v) is 5.05. The number of carbonyl (C=O) groups excluding carboxylic acids is 1. The van der Waals surface area contributed by atoms with Gasteiger partial charge in [0.1, 0.15) is 0 Å². The Morgan fingerprint density at radius 3 is 2.28 bits per heavy atom. The molecule has 2 rings (SSSR count). The summed E-state index contributed by atoms with van der Waals surface area (Å²) in [7, 11) is 2.17. The van der Waals surface area contributed by atoms with E-state index < -0.39 is 0 Å². The van der Waals surface area contributed by atoms with Crippen LogP contribution >= 0.6 is 0 Å². The van der Waals surface area contributed by atoms with Crippen LogP contribution in [0.25, 0.3) is 0 Å². The molecule has 0 aromatic heterocycles. The molecule has 0 radical (unpaired) electrons. The van der Waals surface area contributed by atoms with Gasteiger partial charge in [-0.05, 0) is 12.6 Å². The molecule has 1 saturated heterocycles. The van der Waals surface area contributed by atoms with Crippen LogP contribution in [-0.2, 0) is 6.54 Å². The molecule has 18 heavy (non-hydrogen) atoms. The normalized spacial score (nSPS) is 17.9. The molecule has 0 unspecified atom stereocenters. The van der Waals surface area contributed by atoms with E-state index in [-0.39, 0.29) is 5.78 Å². The van der Waals surface area contributed by atoms with Crippen molar-refractivity contribution in [2.45, 2.75) is 19.9 Å². The largest absolute Gasteiger partial charge is 0.304 e. The van der Waals surface area contributed by atoms with Crippen LogP contribution in [0.5, 0.6) is 0 Å². The molecule has 0 saturated carbocycles. The molecule has 1 aliphatic heterocycles. The first-order valence-electron chi connectivity index (χ1n) is 6.72. The summed E-state index contributed by atoms with van der Waals surface area (Å²) in [5.74, 6) is 0.223. The Balaban J connectivity index is 1.92. The first-order chi connectivity index (χ1) is 8.69. The maximum absolute atomic E-state index is 11.5. The van der Waals surface area contributed by atoms with E-state index >= 15 is 0 Å². The number of Topliss-reactive ketones (excluding diaryl/α,β-unsaturated/α-hetero) is 1. The van der Waals surface area contributed by atoms with E-state index in [0.29, 0.717) is 6.42 Å². The van der Waals surface area contributed by atoms with Crippen molar-refractivity contribution in [3.63, 3.8) is 0 Å². The van der Waals surface area contributed by atoms with E-state index in [1.54, 1.807) is 0 Å². The van der Waals surface area contributed by atoms with Gasteiger partial charge in [-0.25, -0.2) is 0 Å². The maximum atomic E-state index is 11.5. The van der Waals surface area contributed by atoms with Crippen molar-refractivity contribution in [2.75, 3.05) is 33.2 Å². The summed E-state index contributed by atoms with van der Waals surface area (Å²) < 4.78 is 0. The molecule has 1 aromatic rings. The van der Waals surface area contributed by atoms with Crippen LogP contribution in [0.2, 0.25) is 0 Å². The molecule has 1 fully saturated rings. The van der Waals surface area contributed by atoms with Crippen LogP contribution in [0.1, 0.15) is 29.3 Å². The third kappa shape index (κ3) is 3.40. The molecular formula is C15H22N2O. The topological polar surface area (TPSA) is 23.6 Å². The lowest BCUT2D eigenvalue weighted by molar-refractivity contribution is 0.0988. The van der Waals surface area contributed by atoms with Gasteiger partial charge in [0.2, 0.25) is 0 Å². The van der Waals surface area contributed by atoms with Gasteiger partial charge >= 0.3 is 0 Å². The molecule has 98 valence electrons. The second-order valence-electron chi connectivity index (χ2n) is 5.05. The van der Waals surface area contributed by atoms with Crippen molar-refractivity contribution in [3.05, 3.63) is 35.4 Å². The quantitative estimate of drug-likeness (QED) is 0.759. The van der Waals surface area contributed by atoms with Gasteiger partial charge in [-0.1, -0.05) is 31.2 Å². The van der Waals surface area contributed by atoms with Crippen molar-refractivity contribution in [1.29, 1.82) is 0 Å². The SMILES string of the molecule is CCC(=O)c1ccc(CN2CCN(C)CC2)cc1. The molecule has 1 aliphatic rings. The Hall–Kier alpha value is -1.19. The molecule has 0 spiro atoms. The molecule has 0 amide bonds. The lowest BCUT2D eigenvalue weighted by Gasteiger charge is -2.32. The van der Waals surface area contributed by atoms with E-state index in [4.69, 9.17) is 0 Å². The maximum Gasteiger partial charge on any atom is 0.162 e. The van der Waals surface area contributed by atoms with Gasteiger partial charge in [-0.15, -0.1) is 0 Å². The first kappa shape index (κ1) is 13.2. The highest BCUT2D eigenvalue weighted by molar-refractivity contribution is 5.95. The zero-order valence-corrected chi connectivity index (χ0v) is 11.4. The highest BCUT2D eigenvalue weighted by atomic mass is 16.1. The fourth-order valence-electron chi connectivity index (χ4n) is 2.26. The third-order valence-electron chi connectivity index (χ3n) is 3.60. The number of ketones is 1. The Morgan fingerprint density at radius 2 is 1.72 bits per heavy atom. The monoisotopic (exact) mass is 246 g/mol. The zero-order valence-electron chi connectivity index (χ0n) is 11.4. The number of likely N-dealkylation sites (N-methyl/N-ethyl adjacent to an activating group) is 1. The predicted molar refractivity (Wildman–Crippen MR) is 73.8 cm³/mol. The zero-order chi connectivity index (χ0) is 13.0. The molecule has 0 atom stereocenters. The van der Waals surface area contributed by atoms with E-state index in [1.807, 2.05) is 19.1 Å². The summed E-state index contributed by atoms with van der Waals surface area (Å²) in [4.78, 5) is 16.4. The fraction of sp³-hybridized carbons (Fsp3) is 0.533. The number of hydrogen-bond acceptors (Lipinski definition) is 3. The fourth-order valence-corrected chi connectivity index (χ4v) is 2.26. The number of piperazine rings is 1. The van der Waals surface area contributed by atoms with Crippen molar-refractivity contribution in [2.24, 2.45) is 0 Å². The Morgan fingerprint density at radius 1 is 1.11 bits per heavy atom. The van der Waals surface area contributed by atoms with Gasteiger partial charge in [0.25, 0.3) is 0 Å². The van der Waals surface area contributed by atoms with Crippen molar-refractivity contribution in [1.82, 2.24) is 9.80 Å². The van der Waals surface area contributed by atoms with Crippen molar-refractivity contribution in [3.8, 4) is 0 Å². The molecule has 3 nitrogen and oxygen atoms in total. The Kier molecular flexibility index (Phi) is 4.50. The second kappa shape index (κ2) is 6.12. The number of benzene rings is 1. The average molecular weight is 246 g/mol. The minimum absolute atomic E-state index is 0.223. The van der Waals surface area contributed by atoms with Gasteiger partial charge in [0.05, 0.1) is 0 Å². The molecule has 1 heterocycles. The highest BCUT2D eigenvalue weighted by Crippen LogP contribution is 2.10. The summed E-state index contributed by atoms with van der Waals surface area (Å²) in [6.45, 7) is 7.45. The third-order valence-corrected chi connectivity index (χ3v) is 3.60. The van der Waals surface area contributed by atoms with Crippen LogP contribution in [-0.4, -0.2) is 48.8 Å².